The Labute approximate surface area is 136 Å². The summed E-state index contributed by atoms with van der Waals surface area (Å²) < 4.78 is 5.34. The van der Waals surface area contributed by atoms with E-state index in [1.54, 1.807) is 6.07 Å². The van der Waals surface area contributed by atoms with Crippen LogP contribution in [-0.2, 0) is 4.79 Å². The molecule has 0 fully saturated rings. The number of nitro benzene ring substituents is 2. The molecule has 2 aromatic rings. The first kappa shape index (κ1) is 16.9. The molecule has 124 valence electrons. The lowest BCUT2D eigenvalue weighted by Crippen LogP contribution is -2.30. The predicted molar refractivity (Wildman–Crippen MR) is 84.9 cm³/mol. The van der Waals surface area contributed by atoms with Gasteiger partial charge in [-0.15, -0.1) is 0 Å². The number of rotatable bonds is 6. The van der Waals surface area contributed by atoms with Gasteiger partial charge in [-0.3, -0.25) is 25.0 Å². The van der Waals surface area contributed by atoms with E-state index in [-0.39, 0.29) is 17.1 Å². The number of hydrogen-bond acceptors (Lipinski definition) is 6. The summed E-state index contributed by atoms with van der Waals surface area (Å²) in [6.45, 7) is 1.44. The molecule has 0 unspecified atom stereocenters. The number of ether oxygens (including phenoxy) is 1. The van der Waals surface area contributed by atoms with Crippen molar-refractivity contribution < 1.29 is 19.4 Å². The number of amides is 1. The minimum absolute atomic E-state index is 0.0196. The SMILES string of the molecule is C[C@H](Oc1ccccc1[N+](=O)[O-])C(=O)Nc1ccc([N+](=O)[O-])cc1. The lowest BCUT2D eigenvalue weighted by Gasteiger charge is -2.14. The van der Waals surface area contributed by atoms with Crippen molar-refractivity contribution in [2.45, 2.75) is 13.0 Å². The van der Waals surface area contributed by atoms with Gasteiger partial charge in [0.25, 0.3) is 11.6 Å². The van der Waals surface area contributed by atoms with Crippen LogP contribution in [0.2, 0.25) is 0 Å². The molecule has 1 amide bonds. The fraction of sp³-hybridized carbons (Fsp3) is 0.133. The van der Waals surface area contributed by atoms with E-state index in [4.69, 9.17) is 4.74 Å². The van der Waals surface area contributed by atoms with Gasteiger partial charge in [-0.25, -0.2) is 0 Å². The minimum Gasteiger partial charge on any atom is -0.474 e. The summed E-state index contributed by atoms with van der Waals surface area (Å²) in [6, 6.07) is 11.0. The minimum atomic E-state index is -0.999. The smallest absolute Gasteiger partial charge is 0.310 e. The lowest BCUT2D eigenvalue weighted by molar-refractivity contribution is -0.386. The zero-order chi connectivity index (χ0) is 17.7. The second kappa shape index (κ2) is 7.18. The molecule has 2 aromatic carbocycles. The van der Waals surface area contributed by atoms with E-state index in [2.05, 4.69) is 5.32 Å². The van der Waals surface area contributed by atoms with Gasteiger partial charge < -0.3 is 10.1 Å². The zero-order valence-corrected chi connectivity index (χ0v) is 12.5. The van der Waals surface area contributed by atoms with E-state index >= 15 is 0 Å². The Morgan fingerprint density at radius 2 is 1.67 bits per heavy atom. The fourth-order valence-electron chi connectivity index (χ4n) is 1.86. The third-order valence-corrected chi connectivity index (χ3v) is 3.08. The number of carbonyl (C=O) groups excluding carboxylic acids is 1. The first-order valence-electron chi connectivity index (χ1n) is 6.84. The number of carbonyl (C=O) groups is 1. The van der Waals surface area contributed by atoms with Crippen LogP contribution in [0.25, 0.3) is 0 Å². The van der Waals surface area contributed by atoms with Gasteiger partial charge in [0.15, 0.2) is 11.9 Å². The van der Waals surface area contributed by atoms with E-state index < -0.39 is 21.9 Å². The van der Waals surface area contributed by atoms with Gasteiger partial charge in [0.2, 0.25) is 0 Å². The van der Waals surface area contributed by atoms with Crippen molar-refractivity contribution in [2.24, 2.45) is 0 Å². The monoisotopic (exact) mass is 331 g/mol. The maximum atomic E-state index is 12.1. The van der Waals surface area contributed by atoms with Gasteiger partial charge in [0, 0.05) is 23.9 Å². The first-order chi connectivity index (χ1) is 11.4. The van der Waals surface area contributed by atoms with E-state index in [1.165, 1.54) is 49.4 Å². The molecule has 0 saturated carbocycles. The molecule has 1 N–H and O–H groups in total. The molecule has 0 bridgehead atoms. The average Bonchev–Trinajstić information content (AvgIpc) is 2.55. The third kappa shape index (κ3) is 4.03. The maximum absolute atomic E-state index is 12.1. The van der Waals surface area contributed by atoms with Crippen molar-refractivity contribution in [3.05, 3.63) is 68.8 Å². The van der Waals surface area contributed by atoms with E-state index in [9.17, 15) is 25.0 Å². The van der Waals surface area contributed by atoms with E-state index in [0.717, 1.165) is 0 Å². The molecule has 0 aliphatic carbocycles. The molecule has 0 spiro atoms. The quantitative estimate of drug-likeness (QED) is 0.641. The topological polar surface area (TPSA) is 125 Å². The van der Waals surface area contributed by atoms with Crippen molar-refractivity contribution in [1.82, 2.24) is 0 Å². The van der Waals surface area contributed by atoms with Crippen LogP contribution in [0.3, 0.4) is 0 Å². The summed E-state index contributed by atoms with van der Waals surface area (Å²) in [5, 5.41) is 24.0. The number of hydrogen-bond donors (Lipinski definition) is 1. The Morgan fingerprint density at radius 1 is 1.04 bits per heavy atom. The van der Waals surface area contributed by atoms with Crippen LogP contribution in [0, 0.1) is 20.2 Å². The summed E-state index contributed by atoms with van der Waals surface area (Å²) in [5.41, 5.74) is 0.00769. The van der Waals surface area contributed by atoms with Gasteiger partial charge in [-0.2, -0.15) is 0 Å². The molecule has 0 heterocycles. The molecule has 0 radical (unpaired) electrons. The molecule has 0 aromatic heterocycles. The Balaban J connectivity index is 2.05. The average molecular weight is 331 g/mol. The van der Waals surface area contributed by atoms with Crippen molar-refractivity contribution in [2.75, 3.05) is 5.32 Å². The number of nitrogens with zero attached hydrogens (tertiary/aromatic N) is 2. The molecule has 9 nitrogen and oxygen atoms in total. The van der Waals surface area contributed by atoms with Crippen LogP contribution >= 0.6 is 0 Å². The number of nitro groups is 2. The fourth-order valence-corrected chi connectivity index (χ4v) is 1.86. The molecular weight excluding hydrogens is 318 g/mol. The highest BCUT2D eigenvalue weighted by atomic mass is 16.6. The second-order valence-electron chi connectivity index (χ2n) is 4.78. The standard InChI is InChI=1S/C15H13N3O6/c1-10(24-14-5-3-2-4-13(14)18(22)23)15(19)16-11-6-8-12(9-7-11)17(20)21/h2-10H,1H3,(H,16,19)/t10-/m0/s1. The first-order valence-corrected chi connectivity index (χ1v) is 6.84. The molecule has 2 rings (SSSR count). The summed E-state index contributed by atoms with van der Waals surface area (Å²) in [6.07, 6.45) is -0.999. The second-order valence-corrected chi connectivity index (χ2v) is 4.78. The Morgan fingerprint density at radius 3 is 2.25 bits per heavy atom. The van der Waals surface area contributed by atoms with Crippen LogP contribution in [-0.4, -0.2) is 21.9 Å². The van der Waals surface area contributed by atoms with E-state index in [1.807, 2.05) is 0 Å². The molecule has 9 heteroatoms. The Kier molecular flexibility index (Phi) is 5.05. The third-order valence-electron chi connectivity index (χ3n) is 3.08. The number of anilines is 1. The van der Waals surface area contributed by atoms with Crippen molar-refractivity contribution in [1.29, 1.82) is 0 Å². The lowest BCUT2D eigenvalue weighted by atomic mass is 10.2. The van der Waals surface area contributed by atoms with Gasteiger partial charge in [-0.05, 0) is 25.1 Å². The van der Waals surface area contributed by atoms with E-state index in [0.29, 0.717) is 5.69 Å². The predicted octanol–water partition coefficient (Wildman–Crippen LogP) is 2.91. The number of nitrogens with one attached hydrogen (secondary N) is 1. The Hall–Kier alpha value is -3.49. The Bertz CT molecular complexity index is 775. The van der Waals surface area contributed by atoms with Gasteiger partial charge in [0.1, 0.15) is 0 Å². The van der Waals surface area contributed by atoms with Gasteiger partial charge in [0.05, 0.1) is 9.85 Å². The van der Waals surface area contributed by atoms with Crippen LogP contribution in [0.4, 0.5) is 17.1 Å². The maximum Gasteiger partial charge on any atom is 0.310 e. The van der Waals surface area contributed by atoms with Crippen molar-refractivity contribution >= 4 is 23.0 Å². The highest BCUT2D eigenvalue weighted by molar-refractivity contribution is 5.94. The number of non-ortho nitro benzene ring substituents is 1. The van der Waals surface area contributed by atoms with Crippen LogP contribution < -0.4 is 10.1 Å². The molecule has 0 saturated heterocycles. The van der Waals surface area contributed by atoms with Gasteiger partial charge in [-0.1, -0.05) is 12.1 Å². The summed E-state index contributed by atoms with van der Waals surface area (Å²) >= 11 is 0. The van der Waals surface area contributed by atoms with Crippen molar-refractivity contribution in [3.63, 3.8) is 0 Å². The number of para-hydroxylation sites is 2. The van der Waals surface area contributed by atoms with Crippen LogP contribution in [0.15, 0.2) is 48.5 Å². The van der Waals surface area contributed by atoms with Crippen molar-refractivity contribution in [3.8, 4) is 5.75 Å². The molecule has 0 aliphatic heterocycles. The largest absolute Gasteiger partial charge is 0.474 e. The summed E-state index contributed by atoms with van der Waals surface area (Å²) in [7, 11) is 0. The molecule has 24 heavy (non-hydrogen) atoms. The molecular formula is C15H13N3O6. The molecule has 1 atom stereocenters. The van der Waals surface area contributed by atoms with Crippen LogP contribution in [0.1, 0.15) is 6.92 Å². The highest BCUT2D eigenvalue weighted by Crippen LogP contribution is 2.27. The zero-order valence-electron chi connectivity index (χ0n) is 12.5. The number of benzene rings is 2. The summed E-state index contributed by atoms with van der Waals surface area (Å²) in [4.78, 5) is 32.4. The molecule has 0 aliphatic rings. The highest BCUT2D eigenvalue weighted by Gasteiger charge is 2.20. The normalized spacial score (nSPS) is 11.4. The van der Waals surface area contributed by atoms with Gasteiger partial charge >= 0.3 is 5.69 Å². The van der Waals surface area contributed by atoms with Crippen LogP contribution in [0.5, 0.6) is 5.75 Å². The summed E-state index contributed by atoms with van der Waals surface area (Å²) in [5.74, 6) is -0.559.